The Morgan fingerprint density at radius 1 is 1.09 bits per heavy atom. The van der Waals surface area contributed by atoms with Crippen LogP contribution >= 0.6 is 23.5 Å². The lowest BCUT2D eigenvalue weighted by Crippen LogP contribution is -2.11. The van der Waals surface area contributed by atoms with E-state index in [4.69, 9.17) is 0 Å². The molecule has 3 aromatic rings. The summed E-state index contributed by atoms with van der Waals surface area (Å²) in [6.07, 6.45) is 0.521. The second kappa shape index (κ2) is 6.42. The summed E-state index contributed by atoms with van der Waals surface area (Å²) in [5.41, 5.74) is 1.99. The number of hydrogen-bond donors (Lipinski definition) is 0. The molecule has 23 heavy (non-hydrogen) atoms. The second-order valence-corrected chi connectivity index (χ2v) is 7.78. The van der Waals surface area contributed by atoms with Gasteiger partial charge >= 0.3 is 0 Å². The van der Waals surface area contributed by atoms with Crippen molar-refractivity contribution in [1.29, 1.82) is 0 Å². The van der Waals surface area contributed by atoms with Crippen LogP contribution in [0.5, 0.6) is 0 Å². The van der Waals surface area contributed by atoms with Crippen molar-refractivity contribution in [2.45, 2.75) is 6.42 Å². The van der Waals surface area contributed by atoms with Gasteiger partial charge in [-0.1, -0.05) is 59.9 Å². The molecule has 0 bridgehead atoms. The van der Waals surface area contributed by atoms with E-state index in [1.165, 1.54) is 0 Å². The molecule has 1 aliphatic heterocycles. The molecule has 3 nitrogen and oxygen atoms in total. The zero-order chi connectivity index (χ0) is 15.6. The summed E-state index contributed by atoms with van der Waals surface area (Å²) in [6.45, 7) is 0.911. The van der Waals surface area contributed by atoms with Gasteiger partial charge in [0.1, 0.15) is 4.38 Å². The van der Waals surface area contributed by atoms with Gasteiger partial charge in [0.15, 0.2) is 0 Å². The Kier molecular flexibility index (Phi) is 4.14. The Labute approximate surface area is 143 Å². The van der Waals surface area contributed by atoms with E-state index < -0.39 is 0 Å². The van der Waals surface area contributed by atoms with Crippen molar-refractivity contribution >= 4 is 55.6 Å². The lowest BCUT2D eigenvalue weighted by Gasteiger charge is -2.06. The standard InChI is InChI=1S/C18H16N2OS2/c21-17(9-11-22-18-19-10-12-23-18)20-15-7-3-1-5-13(15)14-6-2-4-8-16(14)20/h1-8H,9-12H2. The number of benzene rings is 2. The van der Waals surface area contributed by atoms with Gasteiger partial charge in [0.25, 0.3) is 0 Å². The number of thioether (sulfide) groups is 2. The molecule has 0 fully saturated rings. The Morgan fingerprint density at radius 2 is 1.74 bits per heavy atom. The van der Waals surface area contributed by atoms with E-state index in [1.54, 1.807) is 23.5 Å². The van der Waals surface area contributed by atoms with Crippen molar-refractivity contribution in [2.75, 3.05) is 18.1 Å². The Bertz CT molecular complexity index is 860. The normalized spacial score (nSPS) is 14.5. The molecule has 1 aromatic heterocycles. The van der Waals surface area contributed by atoms with Gasteiger partial charge in [-0.2, -0.15) is 0 Å². The Hall–Kier alpha value is -1.72. The number of carbonyl (C=O) groups excluding carboxylic acids is 1. The molecular formula is C18H16N2OS2. The molecule has 0 radical (unpaired) electrons. The minimum atomic E-state index is 0.151. The first-order valence-corrected chi connectivity index (χ1v) is 9.63. The van der Waals surface area contributed by atoms with Crippen LogP contribution in [0, 0.1) is 0 Å². The highest BCUT2D eigenvalue weighted by Crippen LogP contribution is 2.29. The number of aliphatic imine (C=N–C) groups is 1. The fourth-order valence-electron chi connectivity index (χ4n) is 2.93. The molecular weight excluding hydrogens is 324 g/mol. The van der Waals surface area contributed by atoms with Gasteiger partial charge in [-0.05, 0) is 12.1 Å². The van der Waals surface area contributed by atoms with E-state index in [1.807, 2.05) is 41.0 Å². The van der Waals surface area contributed by atoms with Gasteiger partial charge in [-0.3, -0.25) is 14.4 Å². The number of rotatable bonds is 3. The third kappa shape index (κ3) is 2.79. The summed E-state index contributed by atoms with van der Waals surface area (Å²) in [5.74, 6) is 2.01. The number of carbonyl (C=O) groups is 1. The third-order valence-corrected chi connectivity index (χ3v) is 6.18. The van der Waals surface area contributed by atoms with Crippen LogP contribution in [0.2, 0.25) is 0 Å². The largest absolute Gasteiger partial charge is 0.280 e. The quantitative estimate of drug-likeness (QED) is 0.695. The van der Waals surface area contributed by atoms with Crippen molar-refractivity contribution in [3.63, 3.8) is 0 Å². The molecule has 5 heteroatoms. The highest BCUT2D eigenvalue weighted by atomic mass is 32.2. The fourth-order valence-corrected chi connectivity index (χ4v) is 4.94. The van der Waals surface area contributed by atoms with Crippen molar-refractivity contribution < 1.29 is 4.79 Å². The third-order valence-electron chi connectivity index (χ3n) is 3.93. The van der Waals surface area contributed by atoms with Crippen LogP contribution in [-0.2, 0) is 0 Å². The molecule has 0 spiro atoms. The number of para-hydroxylation sites is 2. The fraction of sp³-hybridized carbons (Fsp3) is 0.222. The van der Waals surface area contributed by atoms with E-state index in [-0.39, 0.29) is 5.91 Å². The van der Waals surface area contributed by atoms with Crippen LogP contribution in [0.4, 0.5) is 0 Å². The van der Waals surface area contributed by atoms with Crippen molar-refractivity contribution in [2.24, 2.45) is 4.99 Å². The Morgan fingerprint density at radius 3 is 2.35 bits per heavy atom. The summed E-state index contributed by atoms with van der Waals surface area (Å²) in [7, 11) is 0. The molecule has 4 rings (SSSR count). The molecule has 0 saturated heterocycles. The number of hydrogen-bond acceptors (Lipinski definition) is 4. The predicted octanol–water partition coefficient (Wildman–Crippen LogP) is 4.66. The molecule has 2 heterocycles. The maximum atomic E-state index is 12.8. The molecule has 116 valence electrons. The number of fused-ring (bicyclic) bond motifs is 3. The molecule has 0 aliphatic carbocycles. The van der Waals surface area contributed by atoms with Crippen LogP contribution in [-0.4, -0.2) is 32.9 Å². The van der Waals surface area contributed by atoms with Gasteiger partial charge in [0.2, 0.25) is 5.91 Å². The summed E-state index contributed by atoms with van der Waals surface area (Å²) in [4.78, 5) is 17.2. The lowest BCUT2D eigenvalue weighted by atomic mass is 10.2. The molecule has 0 saturated carbocycles. The first-order chi connectivity index (χ1) is 11.3. The van der Waals surface area contributed by atoms with Crippen molar-refractivity contribution in [1.82, 2.24) is 4.57 Å². The monoisotopic (exact) mass is 340 g/mol. The second-order valence-electron chi connectivity index (χ2n) is 5.36. The van der Waals surface area contributed by atoms with E-state index in [9.17, 15) is 4.79 Å². The van der Waals surface area contributed by atoms with E-state index >= 15 is 0 Å². The van der Waals surface area contributed by atoms with Crippen LogP contribution in [0.1, 0.15) is 11.2 Å². The zero-order valence-corrected chi connectivity index (χ0v) is 14.2. The van der Waals surface area contributed by atoms with Crippen LogP contribution < -0.4 is 0 Å². The average molecular weight is 340 g/mol. The first kappa shape index (κ1) is 14.8. The topological polar surface area (TPSA) is 34.4 Å². The van der Waals surface area contributed by atoms with Gasteiger partial charge in [0, 0.05) is 28.7 Å². The van der Waals surface area contributed by atoms with E-state index in [0.717, 1.165) is 44.2 Å². The van der Waals surface area contributed by atoms with Crippen LogP contribution in [0.3, 0.4) is 0 Å². The van der Waals surface area contributed by atoms with Gasteiger partial charge in [-0.15, -0.1) is 0 Å². The van der Waals surface area contributed by atoms with Crippen LogP contribution in [0.15, 0.2) is 53.5 Å². The maximum absolute atomic E-state index is 12.8. The minimum absolute atomic E-state index is 0.151. The molecule has 0 atom stereocenters. The molecule has 2 aromatic carbocycles. The molecule has 0 unspecified atom stereocenters. The van der Waals surface area contributed by atoms with Crippen LogP contribution in [0.25, 0.3) is 21.8 Å². The minimum Gasteiger partial charge on any atom is -0.280 e. The van der Waals surface area contributed by atoms with Crippen molar-refractivity contribution in [3.8, 4) is 0 Å². The Balaban J connectivity index is 1.65. The molecule has 0 N–H and O–H groups in total. The molecule has 1 aliphatic rings. The summed E-state index contributed by atoms with van der Waals surface area (Å²) in [6, 6.07) is 16.2. The maximum Gasteiger partial charge on any atom is 0.232 e. The SMILES string of the molecule is O=C(CCSC1=NCCS1)n1c2ccccc2c2ccccc21. The summed E-state index contributed by atoms with van der Waals surface area (Å²) >= 11 is 3.49. The van der Waals surface area contributed by atoms with E-state index in [0.29, 0.717) is 6.42 Å². The summed E-state index contributed by atoms with van der Waals surface area (Å²) < 4.78 is 2.99. The first-order valence-electron chi connectivity index (χ1n) is 7.66. The smallest absolute Gasteiger partial charge is 0.232 e. The average Bonchev–Trinajstić information content (AvgIpc) is 3.20. The van der Waals surface area contributed by atoms with Gasteiger partial charge in [0.05, 0.1) is 17.6 Å². The highest BCUT2D eigenvalue weighted by molar-refractivity contribution is 8.39. The van der Waals surface area contributed by atoms with Crippen molar-refractivity contribution in [3.05, 3.63) is 48.5 Å². The molecule has 0 amide bonds. The van der Waals surface area contributed by atoms with E-state index in [2.05, 4.69) is 17.1 Å². The van der Waals surface area contributed by atoms with Gasteiger partial charge < -0.3 is 0 Å². The lowest BCUT2D eigenvalue weighted by molar-refractivity contribution is 0.0920. The zero-order valence-electron chi connectivity index (χ0n) is 12.6. The highest BCUT2D eigenvalue weighted by Gasteiger charge is 2.16. The summed E-state index contributed by atoms with van der Waals surface area (Å²) in [5, 5.41) is 2.28. The number of nitrogens with zero attached hydrogens (tertiary/aromatic N) is 2. The predicted molar refractivity (Wildman–Crippen MR) is 102 cm³/mol. The number of aromatic nitrogens is 1. The van der Waals surface area contributed by atoms with Gasteiger partial charge in [-0.25, -0.2) is 0 Å².